The average molecular weight is 296 g/mol. The number of piperidine rings is 1. The van der Waals surface area contributed by atoms with E-state index in [1.165, 1.54) is 0 Å². The van der Waals surface area contributed by atoms with Gasteiger partial charge in [0.1, 0.15) is 0 Å². The van der Waals surface area contributed by atoms with Crippen LogP contribution in [0.5, 0.6) is 0 Å². The SMILES string of the molecule is CCC1CCNC(C(=O)N2CCC(C(=O)O)(C(C)C)C2)C1. The number of hydrogen-bond donors (Lipinski definition) is 2. The van der Waals surface area contributed by atoms with Gasteiger partial charge in [-0.05, 0) is 37.6 Å². The lowest BCUT2D eigenvalue weighted by Crippen LogP contribution is -2.50. The highest BCUT2D eigenvalue weighted by Gasteiger charge is 2.49. The molecule has 0 aromatic carbocycles. The van der Waals surface area contributed by atoms with Crippen LogP contribution in [0.25, 0.3) is 0 Å². The van der Waals surface area contributed by atoms with Crippen LogP contribution in [0, 0.1) is 17.3 Å². The Bertz CT molecular complexity index is 410. The third-order valence-corrected chi connectivity index (χ3v) is 5.53. The van der Waals surface area contributed by atoms with E-state index in [-0.39, 0.29) is 17.9 Å². The van der Waals surface area contributed by atoms with Gasteiger partial charge in [0.25, 0.3) is 0 Å². The summed E-state index contributed by atoms with van der Waals surface area (Å²) in [6.07, 6.45) is 3.69. The van der Waals surface area contributed by atoms with Crippen LogP contribution in [0.4, 0.5) is 0 Å². The van der Waals surface area contributed by atoms with E-state index in [0.717, 1.165) is 25.8 Å². The lowest BCUT2D eigenvalue weighted by molar-refractivity contribution is -0.151. The molecule has 3 unspecified atom stereocenters. The molecule has 120 valence electrons. The fraction of sp³-hybridized carbons (Fsp3) is 0.875. The van der Waals surface area contributed by atoms with Crippen LogP contribution < -0.4 is 5.32 Å². The predicted molar refractivity (Wildman–Crippen MR) is 80.9 cm³/mol. The van der Waals surface area contributed by atoms with Crippen molar-refractivity contribution < 1.29 is 14.7 Å². The summed E-state index contributed by atoms with van der Waals surface area (Å²) < 4.78 is 0. The van der Waals surface area contributed by atoms with Crippen LogP contribution in [0.2, 0.25) is 0 Å². The second kappa shape index (κ2) is 6.34. The average Bonchev–Trinajstić information content (AvgIpc) is 2.93. The third-order valence-electron chi connectivity index (χ3n) is 5.53. The molecule has 0 aromatic rings. The number of carboxylic acid groups (broad SMARTS) is 1. The van der Waals surface area contributed by atoms with Gasteiger partial charge in [-0.2, -0.15) is 0 Å². The van der Waals surface area contributed by atoms with Crippen molar-refractivity contribution in [2.45, 2.75) is 52.5 Å². The zero-order chi connectivity index (χ0) is 15.6. The Hall–Kier alpha value is -1.10. The molecule has 0 aromatic heterocycles. The Kier molecular flexibility index (Phi) is 4.91. The highest BCUT2D eigenvalue weighted by molar-refractivity contribution is 5.84. The Balaban J connectivity index is 2.03. The van der Waals surface area contributed by atoms with Crippen molar-refractivity contribution in [3.8, 4) is 0 Å². The monoisotopic (exact) mass is 296 g/mol. The summed E-state index contributed by atoms with van der Waals surface area (Å²) in [6.45, 7) is 7.85. The van der Waals surface area contributed by atoms with Gasteiger partial charge in [0, 0.05) is 13.1 Å². The van der Waals surface area contributed by atoms with E-state index in [0.29, 0.717) is 25.4 Å². The van der Waals surface area contributed by atoms with Crippen molar-refractivity contribution in [1.29, 1.82) is 0 Å². The van der Waals surface area contributed by atoms with Crippen molar-refractivity contribution in [3.63, 3.8) is 0 Å². The molecule has 21 heavy (non-hydrogen) atoms. The molecule has 2 fully saturated rings. The quantitative estimate of drug-likeness (QED) is 0.829. The minimum atomic E-state index is -0.769. The molecular weight excluding hydrogens is 268 g/mol. The van der Waals surface area contributed by atoms with E-state index >= 15 is 0 Å². The molecule has 5 heteroatoms. The topological polar surface area (TPSA) is 69.6 Å². The number of nitrogens with zero attached hydrogens (tertiary/aromatic N) is 1. The summed E-state index contributed by atoms with van der Waals surface area (Å²) in [5.74, 6) is -0.0274. The smallest absolute Gasteiger partial charge is 0.311 e. The van der Waals surface area contributed by atoms with Crippen LogP contribution in [0.15, 0.2) is 0 Å². The molecule has 0 radical (unpaired) electrons. The van der Waals surface area contributed by atoms with Crippen molar-refractivity contribution in [3.05, 3.63) is 0 Å². The molecule has 5 nitrogen and oxygen atoms in total. The molecule has 0 spiro atoms. The van der Waals surface area contributed by atoms with Crippen LogP contribution in [0.3, 0.4) is 0 Å². The fourth-order valence-corrected chi connectivity index (χ4v) is 3.69. The number of likely N-dealkylation sites (tertiary alicyclic amines) is 1. The first-order valence-electron chi connectivity index (χ1n) is 8.16. The summed E-state index contributed by atoms with van der Waals surface area (Å²) >= 11 is 0. The lowest BCUT2D eigenvalue weighted by atomic mass is 9.76. The second-order valence-corrected chi connectivity index (χ2v) is 6.93. The molecule has 0 aliphatic carbocycles. The van der Waals surface area contributed by atoms with Crippen molar-refractivity contribution in [2.24, 2.45) is 17.3 Å². The van der Waals surface area contributed by atoms with E-state index < -0.39 is 11.4 Å². The first kappa shape index (κ1) is 16.3. The molecule has 2 saturated heterocycles. The normalized spacial score (nSPS) is 33.4. The van der Waals surface area contributed by atoms with Crippen LogP contribution >= 0.6 is 0 Å². The number of rotatable bonds is 4. The lowest BCUT2D eigenvalue weighted by Gasteiger charge is -2.33. The second-order valence-electron chi connectivity index (χ2n) is 6.93. The zero-order valence-corrected chi connectivity index (χ0v) is 13.4. The largest absolute Gasteiger partial charge is 0.481 e. The minimum Gasteiger partial charge on any atom is -0.481 e. The van der Waals surface area contributed by atoms with Crippen molar-refractivity contribution >= 4 is 11.9 Å². The summed E-state index contributed by atoms with van der Waals surface area (Å²) in [4.78, 5) is 26.1. The fourth-order valence-electron chi connectivity index (χ4n) is 3.69. The Labute approximate surface area is 127 Å². The number of carboxylic acids is 1. The standard InChI is InChI=1S/C16H28N2O3/c1-4-12-5-7-17-13(9-12)14(19)18-8-6-16(10-18,11(2)3)15(20)21/h11-13,17H,4-10H2,1-3H3,(H,20,21). The summed E-state index contributed by atoms with van der Waals surface area (Å²) in [6, 6.07) is -0.125. The molecule has 0 bridgehead atoms. The highest BCUT2D eigenvalue weighted by atomic mass is 16.4. The molecule has 3 atom stereocenters. The summed E-state index contributed by atoms with van der Waals surface area (Å²) in [5.41, 5.74) is -0.769. The van der Waals surface area contributed by atoms with Crippen LogP contribution in [0.1, 0.15) is 46.5 Å². The number of carbonyl (C=O) groups excluding carboxylic acids is 1. The molecule has 2 aliphatic rings. The van der Waals surface area contributed by atoms with Gasteiger partial charge in [0.05, 0.1) is 11.5 Å². The number of nitrogens with one attached hydrogen (secondary N) is 1. The maximum atomic E-state index is 12.7. The number of amides is 1. The van der Waals surface area contributed by atoms with Gasteiger partial charge in [-0.15, -0.1) is 0 Å². The molecule has 2 aliphatic heterocycles. The van der Waals surface area contributed by atoms with E-state index in [2.05, 4.69) is 12.2 Å². The molecule has 2 N–H and O–H groups in total. The molecular formula is C16H28N2O3. The number of aliphatic carboxylic acids is 1. The highest BCUT2D eigenvalue weighted by Crippen LogP contribution is 2.38. The molecule has 2 heterocycles. The van der Waals surface area contributed by atoms with Gasteiger partial charge in [-0.1, -0.05) is 27.2 Å². The maximum Gasteiger partial charge on any atom is 0.311 e. The van der Waals surface area contributed by atoms with E-state index in [1.807, 2.05) is 13.8 Å². The van der Waals surface area contributed by atoms with Gasteiger partial charge in [-0.25, -0.2) is 0 Å². The first-order chi connectivity index (χ1) is 9.90. The Morgan fingerprint density at radius 1 is 1.43 bits per heavy atom. The predicted octanol–water partition coefficient (Wildman–Crippen LogP) is 1.72. The minimum absolute atomic E-state index is 0.0375. The first-order valence-corrected chi connectivity index (χ1v) is 8.16. The molecule has 2 rings (SSSR count). The van der Waals surface area contributed by atoms with Gasteiger partial charge in [0.2, 0.25) is 5.91 Å². The zero-order valence-electron chi connectivity index (χ0n) is 13.4. The van der Waals surface area contributed by atoms with Crippen molar-refractivity contribution in [1.82, 2.24) is 10.2 Å². The maximum absolute atomic E-state index is 12.7. The van der Waals surface area contributed by atoms with Crippen molar-refractivity contribution in [2.75, 3.05) is 19.6 Å². The van der Waals surface area contributed by atoms with Gasteiger partial charge >= 0.3 is 5.97 Å². The van der Waals surface area contributed by atoms with Gasteiger partial charge in [-0.3, -0.25) is 9.59 Å². The Morgan fingerprint density at radius 3 is 2.67 bits per heavy atom. The van der Waals surface area contributed by atoms with E-state index in [9.17, 15) is 14.7 Å². The third kappa shape index (κ3) is 3.07. The Morgan fingerprint density at radius 2 is 2.14 bits per heavy atom. The number of carbonyl (C=O) groups is 2. The van der Waals surface area contributed by atoms with Gasteiger partial charge < -0.3 is 15.3 Å². The van der Waals surface area contributed by atoms with E-state index in [1.54, 1.807) is 4.90 Å². The van der Waals surface area contributed by atoms with Crippen LogP contribution in [-0.2, 0) is 9.59 Å². The summed E-state index contributed by atoms with van der Waals surface area (Å²) in [5, 5.41) is 12.9. The van der Waals surface area contributed by atoms with Gasteiger partial charge in [0.15, 0.2) is 0 Å². The molecule has 0 saturated carbocycles. The number of hydrogen-bond acceptors (Lipinski definition) is 3. The van der Waals surface area contributed by atoms with Crippen LogP contribution in [-0.4, -0.2) is 47.6 Å². The molecule has 1 amide bonds. The van der Waals surface area contributed by atoms with E-state index in [4.69, 9.17) is 0 Å². The summed E-state index contributed by atoms with van der Waals surface area (Å²) in [7, 11) is 0.